The molecule has 2 aromatic rings. The molecular weight excluding hydrogens is 302 g/mol. The summed E-state index contributed by atoms with van der Waals surface area (Å²) in [6.45, 7) is 0. The highest BCUT2D eigenvalue weighted by atomic mass is 32.1. The molecule has 20 heavy (non-hydrogen) atoms. The average molecular weight is 307 g/mol. The van der Waals surface area contributed by atoms with Gasteiger partial charge in [0.2, 0.25) is 5.13 Å². The number of halogens is 4. The summed E-state index contributed by atoms with van der Waals surface area (Å²) in [4.78, 5) is 15.4. The van der Waals surface area contributed by atoms with Gasteiger partial charge in [-0.25, -0.2) is 9.37 Å². The number of benzene rings is 1. The Balaban J connectivity index is 2.29. The molecule has 1 aromatic carbocycles. The van der Waals surface area contributed by atoms with Crippen LogP contribution in [0.25, 0.3) is 0 Å². The van der Waals surface area contributed by atoms with Gasteiger partial charge in [0.25, 0.3) is 5.91 Å². The summed E-state index contributed by atoms with van der Waals surface area (Å²) in [6.07, 6.45) is -3.84. The van der Waals surface area contributed by atoms with Gasteiger partial charge < -0.3 is 4.74 Å². The fourth-order valence-corrected chi connectivity index (χ4v) is 1.71. The number of alkyl halides is 3. The van der Waals surface area contributed by atoms with Crippen LogP contribution in [0.15, 0.2) is 24.5 Å². The first-order chi connectivity index (χ1) is 9.35. The summed E-state index contributed by atoms with van der Waals surface area (Å²) < 4.78 is 56.9. The second-order valence-corrected chi connectivity index (χ2v) is 4.17. The standard InChI is InChI=1S/C10H5F4N3O2S/c11-5-1-2-7(19-10(12,13)14)6(3-5)8(18)17-9-15-4-16-20-9/h1-4H,(H,15,16,17,18). The van der Waals surface area contributed by atoms with Crippen LogP contribution in [0.2, 0.25) is 0 Å². The van der Waals surface area contributed by atoms with Crippen LogP contribution in [0.3, 0.4) is 0 Å². The molecule has 0 aliphatic rings. The Bertz CT molecular complexity index is 615. The third-order valence-electron chi connectivity index (χ3n) is 1.99. The number of nitrogens with zero attached hydrogens (tertiary/aromatic N) is 2. The first kappa shape index (κ1) is 14.2. The van der Waals surface area contributed by atoms with Crippen LogP contribution in [0.1, 0.15) is 10.4 Å². The van der Waals surface area contributed by atoms with Crippen molar-refractivity contribution in [3.63, 3.8) is 0 Å². The molecule has 10 heteroatoms. The maximum Gasteiger partial charge on any atom is 0.573 e. The van der Waals surface area contributed by atoms with Crippen LogP contribution in [0, 0.1) is 5.82 Å². The molecule has 0 fully saturated rings. The van der Waals surface area contributed by atoms with Gasteiger partial charge in [-0.3, -0.25) is 10.1 Å². The van der Waals surface area contributed by atoms with Crippen molar-refractivity contribution in [3.05, 3.63) is 35.9 Å². The van der Waals surface area contributed by atoms with E-state index in [2.05, 4.69) is 19.4 Å². The zero-order valence-corrected chi connectivity index (χ0v) is 10.3. The summed E-state index contributed by atoms with van der Waals surface area (Å²) in [6, 6.07) is 2.11. The molecule has 1 aromatic heterocycles. The van der Waals surface area contributed by atoms with E-state index >= 15 is 0 Å². The third-order valence-corrected chi connectivity index (χ3v) is 2.57. The van der Waals surface area contributed by atoms with Crippen molar-refractivity contribution in [1.29, 1.82) is 0 Å². The molecule has 0 saturated heterocycles. The molecule has 0 saturated carbocycles. The van der Waals surface area contributed by atoms with Crippen molar-refractivity contribution >= 4 is 22.6 Å². The molecule has 106 valence electrons. The fourth-order valence-electron chi connectivity index (χ4n) is 1.29. The van der Waals surface area contributed by atoms with Gasteiger partial charge in [0, 0.05) is 11.5 Å². The smallest absolute Gasteiger partial charge is 0.405 e. The molecule has 0 spiro atoms. The van der Waals surface area contributed by atoms with Gasteiger partial charge in [0.1, 0.15) is 17.9 Å². The summed E-state index contributed by atoms with van der Waals surface area (Å²) >= 11 is 0.819. The molecule has 0 radical (unpaired) electrons. The number of rotatable bonds is 3. The lowest BCUT2D eigenvalue weighted by molar-refractivity contribution is -0.274. The largest absolute Gasteiger partial charge is 0.573 e. The predicted octanol–water partition coefficient (Wildman–Crippen LogP) is 2.83. The highest BCUT2D eigenvalue weighted by molar-refractivity contribution is 7.09. The Morgan fingerprint density at radius 3 is 2.70 bits per heavy atom. The number of hydrogen-bond donors (Lipinski definition) is 1. The fraction of sp³-hybridized carbons (Fsp3) is 0.100. The van der Waals surface area contributed by atoms with Gasteiger partial charge in [-0.2, -0.15) is 4.37 Å². The van der Waals surface area contributed by atoms with E-state index in [-0.39, 0.29) is 5.13 Å². The van der Waals surface area contributed by atoms with Crippen molar-refractivity contribution in [2.75, 3.05) is 5.32 Å². The molecule has 0 atom stereocenters. The van der Waals surface area contributed by atoms with E-state index in [4.69, 9.17) is 0 Å². The molecule has 1 amide bonds. The van der Waals surface area contributed by atoms with E-state index in [1.54, 1.807) is 0 Å². The van der Waals surface area contributed by atoms with Gasteiger partial charge in [0.05, 0.1) is 5.56 Å². The number of carbonyl (C=O) groups excluding carboxylic acids is 1. The van der Waals surface area contributed by atoms with E-state index in [1.165, 1.54) is 0 Å². The summed E-state index contributed by atoms with van der Waals surface area (Å²) in [7, 11) is 0. The van der Waals surface area contributed by atoms with Gasteiger partial charge >= 0.3 is 6.36 Å². The maximum absolute atomic E-state index is 13.1. The van der Waals surface area contributed by atoms with Crippen LogP contribution in [-0.4, -0.2) is 21.6 Å². The minimum absolute atomic E-state index is 0.0669. The first-order valence-corrected chi connectivity index (χ1v) is 5.76. The number of hydrogen-bond acceptors (Lipinski definition) is 5. The Morgan fingerprint density at radius 2 is 2.10 bits per heavy atom. The van der Waals surface area contributed by atoms with Crippen molar-refractivity contribution in [2.24, 2.45) is 0 Å². The SMILES string of the molecule is O=C(Nc1ncns1)c1cc(F)ccc1OC(F)(F)F. The van der Waals surface area contributed by atoms with E-state index in [0.717, 1.165) is 30.0 Å². The van der Waals surface area contributed by atoms with Crippen molar-refractivity contribution in [2.45, 2.75) is 6.36 Å². The lowest BCUT2D eigenvalue weighted by Crippen LogP contribution is -2.21. The number of ether oxygens (including phenoxy) is 1. The maximum atomic E-state index is 13.1. The quantitative estimate of drug-likeness (QED) is 0.886. The molecule has 1 N–H and O–H groups in total. The second kappa shape index (κ2) is 5.41. The Labute approximate surface area is 113 Å². The van der Waals surface area contributed by atoms with Gasteiger partial charge in [-0.1, -0.05) is 0 Å². The number of aromatic nitrogens is 2. The van der Waals surface area contributed by atoms with E-state index in [0.29, 0.717) is 6.07 Å². The Hall–Kier alpha value is -2.23. The minimum Gasteiger partial charge on any atom is -0.405 e. The van der Waals surface area contributed by atoms with Crippen LogP contribution in [-0.2, 0) is 0 Å². The highest BCUT2D eigenvalue weighted by Gasteiger charge is 2.33. The third kappa shape index (κ3) is 3.63. The van der Waals surface area contributed by atoms with Crippen LogP contribution in [0.5, 0.6) is 5.75 Å². The second-order valence-electron chi connectivity index (χ2n) is 3.39. The molecule has 0 aliphatic heterocycles. The Morgan fingerprint density at radius 1 is 1.35 bits per heavy atom. The normalized spacial score (nSPS) is 11.2. The van der Waals surface area contributed by atoms with Crippen molar-refractivity contribution in [1.82, 2.24) is 9.36 Å². The topological polar surface area (TPSA) is 64.1 Å². The predicted molar refractivity (Wildman–Crippen MR) is 60.9 cm³/mol. The van der Waals surface area contributed by atoms with Crippen LogP contribution >= 0.6 is 11.5 Å². The highest BCUT2D eigenvalue weighted by Crippen LogP contribution is 2.27. The van der Waals surface area contributed by atoms with Crippen molar-refractivity contribution in [3.8, 4) is 5.75 Å². The Kier molecular flexibility index (Phi) is 3.84. The summed E-state index contributed by atoms with van der Waals surface area (Å²) in [5.41, 5.74) is -0.600. The first-order valence-electron chi connectivity index (χ1n) is 4.98. The van der Waals surface area contributed by atoms with Gasteiger partial charge in [-0.05, 0) is 18.2 Å². The van der Waals surface area contributed by atoms with E-state index < -0.39 is 29.4 Å². The molecule has 1 heterocycles. The van der Waals surface area contributed by atoms with Crippen molar-refractivity contribution < 1.29 is 27.1 Å². The summed E-state index contributed by atoms with van der Waals surface area (Å²) in [5.74, 6) is -2.66. The van der Waals surface area contributed by atoms with Crippen LogP contribution < -0.4 is 10.1 Å². The zero-order chi connectivity index (χ0) is 14.8. The number of carbonyl (C=O) groups is 1. The van der Waals surface area contributed by atoms with E-state index in [1.807, 2.05) is 0 Å². The van der Waals surface area contributed by atoms with Crippen LogP contribution in [0.4, 0.5) is 22.7 Å². The molecule has 0 unspecified atom stereocenters. The zero-order valence-electron chi connectivity index (χ0n) is 9.44. The van der Waals surface area contributed by atoms with Gasteiger partial charge in [-0.15, -0.1) is 13.2 Å². The van der Waals surface area contributed by atoms with E-state index in [9.17, 15) is 22.4 Å². The molecule has 5 nitrogen and oxygen atoms in total. The number of nitrogens with one attached hydrogen (secondary N) is 1. The lowest BCUT2D eigenvalue weighted by Gasteiger charge is -2.12. The molecule has 0 bridgehead atoms. The molecular formula is C10H5F4N3O2S. The monoisotopic (exact) mass is 307 g/mol. The molecule has 0 aliphatic carbocycles. The van der Waals surface area contributed by atoms with Gasteiger partial charge in [0.15, 0.2) is 0 Å². The number of amides is 1. The minimum atomic E-state index is -4.99. The molecule has 2 rings (SSSR count). The summed E-state index contributed by atoms with van der Waals surface area (Å²) in [5, 5.41) is 2.25. The number of anilines is 1. The average Bonchev–Trinajstić information content (AvgIpc) is 2.82. The lowest BCUT2D eigenvalue weighted by atomic mass is 10.2.